The van der Waals surface area contributed by atoms with Gasteiger partial charge in [-0.3, -0.25) is 4.90 Å². The van der Waals surface area contributed by atoms with E-state index in [-0.39, 0.29) is 6.04 Å². The summed E-state index contributed by atoms with van der Waals surface area (Å²) in [4.78, 5) is 18.1. The van der Waals surface area contributed by atoms with Crippen molar-refractivity contribution < 1.29 is 14.3 Å². The quantitative estimate of drug-likeness (QED) is 0.494. The summed E-state index contributed by atoms with van der Waals surface area (Å²) < 4.78 is 11.1. The van der Waals surface area contributed by atoms with Gasteiger partial charge in [0, 0.05) is 28.2 Å². The molecule has 2 aromatic carbocycles. The van der Waals surface area contributed by atoms with Crippen LogP contribution in [0.3, 0.4) is 0 Å². The summed E-state index contributed by atoms with van der Waals surface area (Å²) in [7, 11) is 0. The molecule has 1 atom stereocenters. The molecule has 1 aliphatic rings. The minimum absolute atomic E-state index is 0.299. The van der Waals surface area contributed by atoms with E-state index in [0.29, 0.717) is 23.9 Å². The van der Waals surface area contributed by atoms with Gasteiger partial charge in [-0.2, -0.15) is 0 Å². The van der Waals surface area contributed by atoms with Crippen LogP contribution in [0.1, 0.15) is 43.1 Å². The molecule has 156 valence electrons. The van der Waals surface area contributed by atoms with Crippen LogP contribution in [0.5, 0.6) is 5.75 Å². The molecule has 6 heteroatoms. The van der Waals surface area contributed by atoms with E-state index in [1.54, 1.807) is 11.8 Å². The summed E-state index contributed by atoms with van der Waals surface area (Å²) >= 11 is 6.24. The van der Waals surface area contributed by atoms with E-state index in [9.17, 15) is 4.79 Å². The van der Waals surface area contributed by atoms with Crippen molar-refractivity contribution in [3.05, 3.63) is 76.6 Å². The third-order valence-electron chi connectivity index (χ3n) is 5.25. The highest BCUT2D eigenvalue weighted by Gasteiger charge is 2.35. The van der Waals surface area contributed by atoms with E-state index >= 15 is 0 Å². The van der Waals surface area contributed by atoms with E-state index in [0.717, 1.165) is 40.8 Å². The number of fused-ring (bicyclic) bond motifs is 3. The molecule has 2 heterocycles. The molecule has 30 heavy (non-hydrogen) atoms. The molecule has 0 fully saturated rings. The molecule has 4 rings (SSSR count). The largest absolute Gasteiger partial charge is 0.494 e. The second kappa shape index (κ2) is 8.44. The number of ether oxygens (including phenoxy) is 2. The number of nitrogens with one attached hydrogen (secondary N) is 1. The van der Waals surface area contributed by atoms with Crippen molar-refractivity contribution in [3.8, 4) is 5.75 Å². The van der Waals surface area contributed by atoms with Gasteiger partial charge in [-0.05, 0) is 61.2 Å². The van der Waals surface area contributed by atoms with Crippen LogP contribution in [0.2, 0.25) is 5.02 Å². The Labute approximate surface area is 181 Å². The number of H-pyrrole nitrogens is 1. The third kappa shape index (κ3) is 3.90. The molecule has 0 bridgehead atoms. The first-order valence-electron chi connectivity index (χ1n) is 10.1. The summed E-state index contributed by atoms with van der Waals surface area (Å²) in [6.45, 7) is 8.67. The molecule has 0 saturated heterocycles. The maximum atomic E-state index is 12.9. The van der Waals surface area contributed by atoms with Crippen molar-refractivity contribution in [2.75, 3.05) is 13.2 Å². The van der Waals surface area contributed by atoms with Gasteiger partial charge in [0.1, 0.15) is 11.8 Å². The van der Waals surface area contributed by atoms with E-state index in [2.05, 4.69) is 18.5 Å². The number of hydrogen-bond donors (Lipinski definition) is 1. The fourth-order valence-corrected chi connectivity index (χ4v) is 4.15. The van der Waals surface area contributed by atoms with Crippen LogP contribution in [-0.4, -0.2) is 29.1 Å². The van der Waals surface area contributed by atoms with Crippen molar-refractivity contribution in [2.24, 2.45) is 0 Å². The number of aromatic nitrogens is 1. The summed E-state index contributed by atoms with van der Waals surface area (Å²) in [6.07, 6.45) is 1.27. The van der Waals surface area contributed by atoms with E-state index in [1.807, 2.05) is 42.5 Å². The lowest BCUT2D eigenvalue weighted by atomic mass is 9.92. The highest BCUT2D eigenvalue weighted by atomic mass is 35.5. The Hall–Kier alpha value is -2.92. The average Bonchev–Trinajstić information content (AvgIpc) is 3.09. The highest BCUT2D eigenvalue weighted by molar-refractivity contribution is 6.31. The predicted molar refractivity (Wildman–Crippen MR) is 119 cm³/mol. The molecule has 0 spiro atoms. The summed E-state index contributed by atoms with van der Waals surface area (Å²) in [5, 5.41) is 1.79. The molecule has 1 aromatic heterocycles. The topological polar surface area (TPSA) is 54.6 Å². The molecule has 0 aliphatic carbocycles. The molecule has 0 radical (unpaired) electrons. The van der Waals surface area contributed by atoms with Crippen molar-refractivity contribution in [1.82, 2.24) is 9.88 Å². The van der Waals surface area contributed by atoms with Crippen LogP contribution in [0.4, 0.5) is 4.79 Å². The number of benzene rings is 2. The molecule has 3 aromatic rings. The fourth-order valence-electron chi connectivity index (χ4n) is 3.98. The van der Waals surface area contributed by atoms with Crippen molar-refractivity contribution in [1.29, 1.82) is 0 Å². The van der Waals surface area contributed by atoms with Crippen LogP contribution >= 0.6 is 11.6 Å². The van der Waals surface area contributed by atoms with E-state index in [4.69, 9.17) is 21.1 Å². The molecular weight excluding hydrogens is 400 g/mol. The van der Waals surface area contributed by atoms with Gasteiger partial charge in [0.05, 0.1) is 12.4 Å². The standard InChI is InChI=1S/C24H25ClN2O3/c1-4-13-29-18-8-5-16(6-9-18)23-22-19(11-12-27(23)24(28)30-15(2)3)20-14-17(25)7-10-21(20)26-22/h5-10,14,23,26H,2,4,11-13H2,1,3H3. The predicted octanol–water partition coefficient (Wildman–Crippen LogP) is 6.23. The molecule has 1 amide bonds. The lowest BCUT2D eigenvalue weighted by Crippen LogP contribution is -2.40. The molecule has 1 unspecified atom stereocenters. The number of rotatable bonds is 5. The van der Waals surface area contributed by atoms with Crippen molar-refractivity contribution in [2.45, 2.75) is 32.7 Å². The number of carbonyl (C=O) groups is 1. The van der Waals surface area contributed by atoms with Crippen molar-refractivity contribution >= 4 is 28.6 Å². The Kier molecular flexibility index (Phi) is 5.73. The van der Waals surface area contributed by atoms with Gasteiger partial charge in [-0.15, -0.1) is 0 Å². The summed E-state index contributed by atoms with van der Waals surface area (Å²) in [5.41, 5.74) is 4.16. The first-order valence-corrected chi connectivity index (χ1v) is 10.5. The lowest BCUT2D eigenvalue weighted by molar-refractivity contribution is 0.113. The maximum absolute atomic E-state index is 12.9. The van der Waals surface area contributed by atoms with Crippen molar-refractivity contribution in [3.63, 3.8) is 0 Å². The Morgan fingerprint density at radius 1 is 1.27 bits per heavy atom. The molecule has 5 nitrogen and oxygen atoms in total. The molecule has 1 aliphatic heterocycles. The zero-order chi connectivity index (χ0) is 21.3. The number of hydrogen-bond acceptors (Lipinski definition) is 3. The van der Waals surface area contributed by atoms with Crippen LogP contribution in [-0.2, 0) is 11.2 Å². The fraction of sp³-hybridized carbons (Fsp3) is 0.292. The highest BCUT2D eigenvalue weighted by Crippen LogP contribution is 2.39. The number of amides is 1. The second-order valence-corrected chi connectivity index (χ2v) is 7.98. The molecule has 1 N–H and O–H groups in total. The van der Waals surface area contributed by atoms with Gasteiger partial charge in [0.2, 0.25) is 0 Å². The zero-order valence-corrected chi connectivity index (χ0v) is 18.0. The maximum Gasteiger partial charge on any atom is 0.415 e. The Bertz CT molecular complexity index is 1090. The SMILES string of the molecule is C=C(C)OC(=O)N1CCc2c([nH]c3ccc(Cl)cc23)C1c1ccc(OCCC)cc1. The summed E-state index contributed by atoms with van der Waals surface area (Å²) in [6, 6.07) is 13.4. The van der Waals surface area contributed by atoms with Gasteiger partial charge in [-0.25, -0.2) is 4.79 Å². The lowest BCUT2D eigenvalue weighted by Gasteiger charge is -2.35. The van der Waals surface area contributed by atoms with Crippen LogP contribution in [0.15, 0.2) is 54.8 Å². The first-order chi connectivity index (χ1) is 14.5. The van der Waals surface area contributed by atoms with Gasteiger partial charge < -0.3 is 14.5 Å². The third-order valence-corrected chi connectivity index (χ3v) is 5.49. The Morgan fingerprint density at radius 2 is 2.03 bits per heavy atom. The second-order valence-electron chi connectivity index (χ2n) is 7.54. The van der Waals surface area contributed by atoms with Gasteiger partial charge in [-0.1, -0.05) is 37.2 Å². The minimum atomic E-state index is -0.402. The first kappa shape index (κ1) is 20.4. The number of nitrogens with zero attached hydrogens (tertiary/aromatic N) is 1. The van der Waals surface area contributed by atoms with Gasteiger partial charge in [0.15, 0.2) is 0 Å². The number of aromatic amines is 1. The Balaban J connectivity index is 1.78. The molecular formula is C24H25ClN2O3. The number of allylic oxidation sites excluding steroid dienone is 1. The van der Waals surface area contributed by atoms with Crippen LogP contribution in [0.25, 0.3) is 10.9 Å². The summed E-state index contributed by atoms with van der Waals surface area (Å²) in [5.74, 6) is 1.19. The number of halogens is 1. The van der Waals surface area contributed by atoms with E-state index in [1.165, 1.54) is 5.56 Å². The monoisotopic (exact) mass is 424 g/mol. The van der Waals surface area contributed by atoms with Gasteiger partial charge in [0.25, 0.3) is 0 Å². The smallest absolute Gasteiger partial charge is 0.415 e. The van der Waals surface area contributed by atoms with Crippen LogP contribution < -0.4 is 4.74 Å². The van der Waals surface area contributed by atoms with E-state index < -0.39 is 6.09 Å². The van der Waals surface area contributed by atoms with Crippen LogP contribution in [0, 0.1) is 0 Å². The Morgan fingerprint density at radius 3 is 2.73 bits per heavy atom. The normalized spacial score (nSPS) is 15.7. The minimum Gasteiger partial charge on any atom is -0.494 e. The van der Waals surface area contributed by atoms with Gasteiger partial charge >= 0.3 is 6.09 Å². The number of carbonyl (C=O) groups excluding carboxylic acids is 1. The molecule has 0 saturated carbocycles. The average molecular weight is 425 g/mol. The zero-order valence-electron chi connectivity index (χ0n) is 17.2.